The molecule has 0 radical (unpaired) electrons. The fraction of sp³-hybridized carbons (Fsp3) is 0.632. The van der Waals surface area contributed by atoms with Crippen LogP contribution >= 0.6 is 11.3 Å². The lowest BCUT2D eigenvalue weighted by molar-refractivity contribution is -0.122. The third kappa shape index (κ3) is 4.63. The molecule has 0 spiro atoms. The maximum absolute atomic E-state index is 12.3. The number of unbranched alkanes of at least 4 members (excludes halogenated alkanes) is 2. The first-order chi connectivity index (χ1) is 12.5. The van der Waals surface area contributed by atoms with Gasteiger partial charge in [0, 0.05) is 19.0 Å². The van der Waals surface area contributed by atoms with Gasteiger partial charge in [0.05, 0.1) is 5.52 Å². The molecule has 3 rings (SSSR count). The number of hydrogen-bond donors (Lipinski definition) is 2. The second-order valence-electron chi connectivity index (χ2n) is 7.39. The van der Waals surface area contributed by atoms with Crippen LogP contribution in [0.2, 0.25) is 0 Å². The maximum Gasteiger partial charge on any atom is 0.328 e. The van der Waals surface area contributed by atoms with Gasteiger partial charge in [-0.15, -0.1) is 11.3 Å². The van der Waals surface area contributed by atoms with Crippen LogP contribution in [0.4, 0.5) is 0 Å². The van der Waals surface area contributed by atoms with Gasteiger partial charge in [0.2, 0.25) is 5.91 Å². The van der Waals surface area contributed by atoms with Crippen molar-refractivity contribution in [2.24, 2.45) is 5.92 Å². The van der Waals surface area contributed by atoms with Crippen LogP contribution in [0, 0.1) is 5.92 Å². The van der Waals surface area contributed by atoms with E-state index in [-0.39, 0.29) is 17.2 Å². The Hall–Kier alpha value is -1.89. The van der Waals surface area contributed by atoms with E-state index in [9.17, 15) is 14.4 Å². The fourth-order valence-corrected chi connectivity index (χ4v) is 4.41. The molecule has 0 aromatic carbocycles. The van der Waals surface area contributed by atoms with Gasteiger partial charge in [0.25, 0.3) is 5.56 Å². The summed E-state index contributed by atoms with van der Waals surface area (Å²) in [5.74, 6) is 0.905. The van der Waals surface area contributed by atoms with E-state index in [1.807, 2.05) is 0 Å². The number of fused-ring (bicyclic) bond motifs is 1. The van der Waals surface area contributed by atoms with E-state index in [0.29, 0.717) is 35.6 Å². The molecule has 0 atom stereocenters. The zero-order chi connectivity index (χ0) is 18.5. The molecule has 1 aliphatic rings. The SMILES string of the molecule is CC1CCC(NC(=O)CCCCCn2c(=O)[nH]c3ccsc3c2=O)CC1. The molecule has 6 nitrogen and oxygen atoms in total. The molecule has 2 aromatic rings. The summed E-state index contributed by atoms with van der Waals surface area (Å²) < 4.78 is 1.85. The van der Waals surface area contributed by atoms with Crippen LogP contribution in [-0.4, -0.2) is 21.5 Å². The summed E-state index contributed by atoms with van der Waals surface area (Å²) in [6.07, 6.45) is 7.40. The summed E-state index contributed by atoms with van der Waals surface area (Å²) in [5.41, 5.74) is 0.0308. The molecule has 1 aliphatic carbocycles. The summed E-state index contributed by atoms with van der Waals surface area (Å²) in [7, 11) is 0. The topological polar surface area (TPSA) is 84.0 Å². The number of carbonyl (C=O) groups excluding carboxylic acids is 1. The Morgan fingerprint density at radius 1 is 1.23 bits per heavy atom. The van der Waals surface area contributed by atoms with Crippen LogP contribution in [0.15, 0.2) is 21.0 Å². The average Bonchev–Trinajstić information content (AvgIpc) is 3.07. The Labute approximate surface area is 156 Å². The Bertz CT molecular complexity index is 859. The highest BCUT2D eigenvalue weighted by Crippen LogP contribution is 2.23. The number of aromatic nitrogens is 2. The third-order valence-electron chi connectivity index (χ3n) is 5.26. The number of H-pyrrole nitrogens is 1. The van der Waals surface area contributed by atoms with Gasteiger partial charge in [-0.05, 0) is 55.9 Å². The van der Waals surface area contributed by atoms with E-state index in [4.69, 9.17) is 0 Å². The Kier molecular flexibility index (Phi) is 6.29. The van der Waals surface area contributed by atoms with Crippen molar-refractivity contribution in [3.05, 3.63) is 32.3 Å². The number of hydrogen-bond acceptors (Lipinski definition) is 4. The second-order valence-corrected chi connectivity index (χ2v) is 8.30. The summed E-state index contributed by atoms with van der Waals surface area (Å²) >= 11 is 1.34. The maximum atomic E-state index is 12.3. The van der Waals surface area contributed by atoms with E-state index >= 15 is 0 Å². The number of amides is 1. The smallest absolute Gasteiger partial charge is 0.328 e. The molecule has 1 amide bonds. The zero-order valence-corrected chi connectivity index (χ0v) is 16.1. The molecule has 26 heavy (non-hydrogen) atoms. The third-order valence-corrected chi connectivity index (χ3v) is 6.16. The highest BCUT2D eigenvalue weighted by molar-refractivity contribution is 7.17. The van der Waals surface area contributed by atoms with Crippen LogP contribution in [-0.2, 0) is 11.3 Å². The van der Waals surface area contributed by atoms with Crippen molar-refractivity contribution in [2.45, 2.75) is 70.9 Å². The molecule has 1 saturated carbocycles. The van der Waals surface area contributed by atoms with E-state index < -0.39 is 0 Å². The quantitative estimate of drug-likeness (QED) is 0.728. The van der Waals surface area contributed by atoms with Gasteiger partial charge >= 0.3 is 5.69 Å². The van der Waals surface area contributed by atoms with Crippen molar-refractivity contribution in [3.63, 3.8) is 0 Å². The lowest BCUT2D eigenvalue weighted by Crippen LogP contribution is -2.37. The summed E-state index contributed by atoms with van der Waals surface area (Å²) in [5, 5.41) is 4.94. The number of nitrogens with one attached hydrogen (secondary N) is 2. The molecule has 0 aliphatic heterocycles. The summed E-state index contributed by atoms with van der Waals surface area (Å²) in [4.78, 5) is 39.1. The minimum Gasteiger partial charge on any atom is -0.353 e. The average molecular weight is 378 g/mol. The largest absolute Gasteiger partial charge is 0.353 e. The van der Waals surface area contributed by atoms with Crippen LogP contribution < -0.4 is 16.6 Å². The normalized spacial score (nSPS) is 20.3. The molecule has 142 valence electrons. The molecule has 7 heteroatoms. The molecule has 2 aromatic heterocycles. The van der Waals surface area contributed by atoms with Crippen molar-refractivity contribution in [2.75, 3.05) is 0 Å². The van der Waals surface area contributed by atoms with Crippen LogP contribution in [0.25, 0.3) is 10.2 Å². The van der Waals surface area contributed by atoms with Crippen LogP contribution in [0.1, 0.15) is 58.3 Å². The molecule has 0 bridgehead atoms. The van der Waals surface area contributed by atoms with Crippen molar-refractivity contribution < 1.29 is 4.79 Å². The predicted octanol–water partition coefficient (Wildman–Crippen LogP) is 3.01. The number of rotatable bonds is 7. The van der Waals surface area contributed by atoms with Gasteiger partial charge in [-0.25, -0.2) is 4.79 Å². The number of thiophene rings is 1. The highest BCUT2D eigenvalue weighted by Gasteiger charge is 2.19. The minimum atomic E-state index is -0.356. The Morgan fingerprint density at radius 2 is 2.00 bits per heavy atom. The van der Waals surface area contributed by atoms with Gasteiger partial charge in [-0.1, -0.05) is 13.3 Å². The van der Waals surface area contributed by atoms with Crippen LogP contribution in [0.5, 0.6) is 0 Å². The first-order valence-corrected chi connectivity index (χ1v) is 10.4. The fourth-order valence-electron chi connectivity index (χ4n) is 3.61. The standard InChI is InChI=1S/C19H27N3O3S/c1-13-6-8-14(9-7-13)20-16(23)5-3-2-4-11-22-18(24)17-15(10-12-26-17)21-19(22)25/h10,12-14H,2-9,11H2,1H3,(H,20,23)(H,21,25). The first kappa shape index (κ1) is 18.9. The Balaban J connectivity index is 1.40. The van der Waals surface area contributed by atoms with Crippen molar-refractivity contribution in [1.29, 1.82) is 0 Å². The van der Waals surface area contributed by atoms with Crippen molar-refractivity contribution in [3.8, 4) is 0 Å². The lowest BCUT2D eigenvalue weighted by Gasteiger charge is -2.26. The number of carbonyl (C=O) groups is 1. The van der Waals surface area contributed by atoms with Crippen molar-refractivity contribution >= 4 is 27.5 Å². The second kappa shape index (κ2) is 8.66. The van der Waals surface area contributed by atoms with Gasteiger partial charge in [0.15, 0.2) is 0 Å². The van der Waals surface area contributed by atoms with Gasteiger partial charge in [-0.2, -0.15) is 0 Å². The van der Waals surface area contributed by atoms with Crippen molar-refractivity contribution in [1.82, 2.24) is 14.9 Å². The summed E-state index contributed by atoms with van der Waals surface area (Å²) in [6.45, 7) is 2.66. The lowest BCUT2D eigenvalue weighted by atomic mass is 9.87. The van der Waals surface area contributed by atoms with Gasteiger partial charge < -0.3 is 10.3 Å². The van der Waals surface area contributed by atoms with E-state index in [1.165, 1.54) is 28.7 Å². The molecule has 1 fully saturated rings. The van der Waals surface area contributed by atoms with Gasteiger partial charge in [-0.3, -0.25) is 14.2 Å². The molecule has 0 saturated heterocycles. The zero-order valence-electron chi connectivity index (χ0n) is 15.3. The van der Waals surface area contributed by atoms with E-state index in [1.54, 1.807) is 11.4 Å². The predicted molar refractivity (Wildman–Crippen MR) is 105 cm³/mol. The van der Waals surface area contributed by atoms with Gasteiger partial charge in [0.1, 0.15) is 4.70 Å². The highest BCUT2D eigenvalue weighted by atomic mass is 32.1. The number of nitrogens with zero attached hydrogens (tertiary/aromatic N) is 1. The molecule has 2 heterocycles. The summed E-state index contributed by atoms with van der Waals surface area (Å²) in [6, 6.07) is 2.09. The Morgan fingerprint density at radius 3 is 2.77 bits per heavy atom. The monoisotopic (exact) mass is 377 g/mol. The number of aromatic amines is 1. The molecular formula is C19H27N3O3S. The van der Waals surface area contributed by atoms with Crippen LogP contribution in [0.3, 0.4) is 0 Å². The molecule has 2 N–H and O–H groups in total. The molecular weight excluding hydrogens is 350 g/mol. The van der Waals surface area contributed by atoms with E-state index in [0.717, 1.165) is 31.6 Å². The van der Waals surface area contributed by atoms with E-state index in [2.05, 4.69) is 17.2 Å². The minimum absolute atomic E-state index is 0.125. The molecule has 0 unspecified atom stereocenters. The first-order valence-electron chi connectivity index (χ1n) is 9.54.